The van der Waals surface area contributed by atoms with Crippen molar-refractivity contribution in [3.63, 3.8) is 0 Å². The third-order valence-electron chi connectivity index (χ3n) is 5.81. The van der Waals surface area contributed by atoms with Crippen molar-refractivity contribution in [3.8, 4) is 11.4 Å². The highest BCUT2D eigenvalue weighted by molar-refractivity contribution is 5.55. The summed E-state index contributed by atoms with van der Waals surface area (Å²) >= 11 is 0. The molecule has 1 aromatic carbocycles. The number of rotatable bonds is 16. The highest BCUT2D eigenvalue weighted by atomic mass is 14.9. The van der Waals surface area contributed by atoms with Gasteiger partial charge in [-0.1, -0.05) is 109 Å². The summed E-state index contributed by atoms with van der Waals surface area (Å²) in [6.07, 6.45) is 23.9. The molecule has 0 saturated carbocycles. The Bertz CT molecular complexity index is 631. The second kappa shape index (κ2) is 15.2. The van der Waals surface area contributed by atoms with E-state index in [4.69, 9.17) is 0 Å². The first-order valence-corrected chi connectivity index (χ1v) is 12.2. The van der Waals surface area contributed by atoms with Gasteiger partial charge in [0, 0.05) is 18.0 Å². The van der Waals surface area contributed by atoms with Crippen molar-refractivity contribution in [1.82, 2.24) is 9.97 Å². The van der Waals surface area contributed by atoms with Crippen LogP contribution in [0.5, 0.6) is 0 Å². The maximum Gasteiger partial charge on any atom is 0.159 e. The van der Waals surface area contributed by atoms with Gasteiger partial charge in [-0.05, 0) is 36.8 Å². The van der Waals surface area contributed by atoms with E-state index in [1.807, 2.05) is 12.4 Å². The number of aromatic nitrogens is 2. The maximum absolute atomic E-state index is 4.61. The lowest BCUT2D eigenvalue weighted by Gasteiger charge is -2.05. The van der Waals surface area contributed by atoms with Crippen LogP contribution < -0.4 is 0 Å². The third-order valence-corrected chi connectivity index (χ3v) is 5.81. The second-order valence-corrected chi connectivity index (χ2v) is 8.50. The van der Waals surface area contributed by atoms with Crippen molar-refractivity contribution >= 4 is 0 Å². The molecule has 160 valence electrons. The van der Waals surface area contributed by atoms with Gasteiger partial charge in [0.15, 0.2) is 5.82 Å². The van der Waals surface area contributed by atoms with Crippen LogP contribution in [0, 0.1) is 0 Å². The minimum Gasteiger partial charge on any atom is -0.236 e. The summed E-state index contributed by atoms with van der Waals surface area (Å²) in [7, 11) is 0. The van der Waals surface area contributed by atoms with Crippen LogP contribution in [-0.2, 0) is 12.8 Å². The van der Waals surface area contributed by atoms with Gasteiger partial charge >= 0.3 is 0 Å². The summed E-state index contributed by atoms with van der Waals surface area (Å²) < 4.78 is 0. The monoisotopic (exact) mass is 394 g/mol. The molecule has 2 aromatic rings. The molecule has 1 aromatic heterocycles. The van der Waals surface area contributed by atoms with Crippen LogP contribution in [0.3, 0.4) is 0 Å². The van der Waals surface area contributed by atoms with Crippen LogP contribution in [-0.4, -0.2) is 9.97 Å². The molecule has 0 amide bonds. The van der Waals surface area contributed by atoms with E-state index in [2.05, 4.69) is 48.1 Å². The molecule has 29 heavy (non-hydrogen) atoms. The summed E-state index contributed by atoms with van der Waals surface area (Å²) in [5, 5.41) is 0. The Balaban J connectivity index is 1.68. The molecule has 2 heteroatoms. The van der Waals surface area contributed by atoms with Crippen LogP contribution in [0.25, 0.3) is 11.4 Å². The maximum atomic E-state index is 4.61. The third kappa shape index (κ3) is 10.1. The minimum absolute atomic E-state index is 0.847. The van der Waals surface area contributed by atoms with Gasteiger partial charge in [-0.25, -0.2) is 9.97 Å². The van der Waals surface area contributed by atoms with Crippen LogP contribution >= 0.6 is 0 Å². The van der Waals surface area contributed by atoms with Gasteiger partial charge in [0.25, 0.3) is 0 Å². The fourth-order valence-corrected chi connectivity index (χ4v) is 3.85. The lowest BCUT2D eigenvalue weighted by molar-refractivity contribution is 0.589. The average molecular weight is 395 g/mol. The molecule has 0 aliphatic carbocycles. The van der Waals surface area contributed by atoms with E-state index in [1.165, 1.54) is 101 Å². The highest BCUT2D eigenvalue weighted by Gasteiger charge is 2.03. The lowest BCUT2D eigenvalue weighted by Crippen LogP contribution is -1.94. The molecule has 0 radical (unpaired) electrons. The van der Waals surface area contributed by atoms with E-state index >= 15 is 0 Å². The molecule has 0 atom stereocenters. The SMILES string of the molecule is CCCCCCCCCc1cnc(-c2ccc(CCCCCCCC)cc2)nc1. The highest BCUT2D eigenvalue weighted by Crippen LogP contribution is 2.18. The zero-order valence-electron chi connectivity index (χ0n) is 19.0. The molecule has 0 fully saturated rings. The summed E-state index contributed by atoms with van der Waals surface area (Å²) in [4.78, 5) is 9.22. The number of hydrogen-bond donors (Lipinski definition) is 0. The summed E-state index contributed by atoms with van der Waals surface area (Å²) in [6, 6.07) is 8.85. The van der Waals surface area contributed by atoms with Gasteiger partial charge in [0.1, 0.15) is 0 Å². The fourth-order valence-electron chi connectivity index (χ4n) is 3.85. The Morgan fingerprint density at radius 2 is 0.966 bits per heavy atom. The Hall–Kier alpha value is -1.70. The van der Waals surface area contributed by atoms with Gasteiger partial charge in [-0.2, -0.15) is 0 Å². The Morgan fingerprint density at radius 1 is 0.517 bits per heavy atom. The van der Waals surface area contributed by atoms with Gasteiger partial charge < -0.3 is 0 Å². The van der Waals surface area contributed by atoms with Gasteiger partial charge in [0.2, 0.25) is 0 Å². The Morgan fingerprint density at radius 3 is 1.48 bits per heavy atom. The quantitative estimate of drug-likeness (QED) is 0.267. The molecule has 0 bridgehead atoms. The fraction of sp³-hybridized carbons (Fsp3) is 0.630. The molecule has 0 N–H and O–H groups in total. The zero-order valence-corrected chi connectivity index (χ0v) is 19.0. The minimum atomic E-state index is 0.847. The number of nitrogens with zero attached hydrogens (tertiary/aromatic N) is 2. The van der Waals surface area contributed by atoms with Crippen molar-refractivity contribution in [2.75, 3.05) is 0 Å². The summed E-state index contributed by atoms with van der Waals surface area (Å²) in [5.41, 5.74) is 3.82. The Labute approximate surface area is 179 Å². The molecule has 0 aliphatic rings. The first-order valence-electron chi connectivity index (χ1n) is 12.2. The van der Waals surface area contributed by atoms with Gasteiger partial charge in [-0.3, -0.25) is 0 Å². The number of unbranched alkanes of at least 4 members (excludes halogenated alkanes) is 11. The smallest absolute Gasteiger partial charge is 0.159 e. The predicted octanol–water partition coefficient (Wildman–Crippen LogP) is 8.34. The van der Waals surface area contributed by atoms with E-state index in [-0.39, 0.29) is 0 Å². The second-order valence-electron chi connectivity index (χ2n) is 8.50. The van der Waals surface area contributed by atoms with Crippen molar-refractivity contribution < 1.29 is 0 Å². The standard InChI is InChI=1S/C27H42N2/c1-3-5-7-9-11-13-15-17-25-22-28-27(29-23-25)26-20-18-24(19-21-26)16-14-12-10-8-6-4-2/h18-23H,3-17H2,1-2H3. The van der Waals surface area contributed by atoms with Crippen molar-refractivity contribution in [1.29, 1.82) is 0 Å². The van der Waals surface area contributed by atoms with Gasteiger partial charge in [0.05, 0.1) is 0 Å². The normalized spacial score (nSPS) is 11.1. The average Bonchev–Trinajstić information content (AvgIpc) is 2.76. The van der Waals surface area contributed by atoms with Crippen molar-refractivity contribution in [2.45, 2.75) is 110 Å². The van der Waals surface area contributed by atoms with E-state index in [1.54, 1.807) is 0 Å². The van der Waals surface area contributed by atoms with E-state index < -0.39 is 0 Å². The predicted molar refractivity (Wildman–Crippen MR) is 126 cm³/mol. The molecular formula is C27H42N2. The molecule has 2 rings (SSSR count). The molecule has 0 aliphatic heterocycles. The molecular weight excluding hydrogens is 352 g/mol. The number of aryl methyl sites for hydroxylation is 2. The summed E-state index contributed by atoms with van der Waals surface area (Å²) in [6.45, 7) is 4.55. The van der Waals surface area contributed by atoms with Crippen LogP contribution in [0.2, 0.25) is 0 Å². The van der Waals surface area contributed by atoms with Crippen LogP contribution in [0.4, 0.5) is 0 Å². The molecule has 0 spiro atoms. The van der Waals surface area contributed by atoms with E-state index in [0.29, 0.717) is 0 Å². The number of benzene rings is 1. The van der Waals surface area contributed by atoms with Crippen LogP contribution in [0.15, 0.2) is 36.7 Å². The number of hydrogen-bond acceptors (Lipinski definition) is 2. The van der Waals surface area contributed by atoms with E-state index in [0.717, 1.165) is 17.8 Å². The first-order chi connectivity index (χ1) is 14.3. The molecule has 0 unspecified atom stereocenters. The van der Waals surface area contributed by atoms with E-state index in [9.17, 15) is 0 Å². The van der Waals surface area contributed by atoms with Crippen molar-refractivity contribution in [3.05, 3.63) is 47.8 Å². The largest absolute Gasteiger partial charge is 0.236 e. The van der Waals surface area contributed by atoms with Gasteiger partial charge in [-0.15, -0.1) is 0 Å². The van der Waals surface area contributed by atoms with Crippen molar-refractivity contribution in [2.24, 2.45) is 0 Å². The molecule has 2 nitrogen and oxygen atoms in total. The van der Waals surface area contributed by atoms with Crippen LogP contribution in [0.1, 0.15) is 108 Å². The zero-order chi connectivity index (χ0) is 20.6. The molecule has 0 saturated heterocycles. The topological polar surface area (TPSA) is 25.8 Å². The Kier molecular flexibility index (Phi) is 12.3. The summed E-state index contributed by atoms with van der Waals surface area (Å²) in [5.74, 6) is 0.847. The first kappa shape index (κ1) is 23.6. The lowest BCUT2D eigenvalue weighted by atomic mass is 10.0. The molecule has 1 heterocycles.